The molecule has 2 N–H and O–H groups in total. The summed E-state index contributed by atoms with van der Waals surface area (Å²) < 4.78 is 17.2. The fourth-order valence-electron chi connectivity index (χ4n) is 4.73. The highest BCUT2D eigenvalue weighted by molar-refractivity contribution is 5.81. The van der Waals surface area contributed by atoms with E-state index in [0.29, 0.717) is 5.95 Å². The summed E-state index contributed by atoms with van der Waals surface area (Å²) in [7, 11) is 1.85. The van der Waals surface area contributed by atoms with Crippen LogP contribution in [-0.2, 0) is 7.05 Å². The third-order valence-electron chi connectivity index (χ3n) is 6.55. The summed E-state index contributed by atoms with van der Waals surface area (Å²) in [6, 6.07) is 16.7. The predicted molar refractivity (Wildman–Crippen MR) is 131 cm³/mol. The molecule has 9 nitrogen and oxygen atoms in total. The number of hydrogen-bond donors (Lipinski definition) is 2. The summed E-state index contributed by atoms with van der Waals surface area (Å²) in [5.41, 5.74) is 4.58. The minimum atomic E-state index is -0.221. The number of rotatable bonds is 5. The first-order chi connectivity index (χ1) is 17.2. The number of benzene rings is 2. The molecule has 0 bridgehead atoms. The normalized spacial score (nSPS) is 18.1. The van der Waals surface area contributed by atoms with Crippen LogP contribution in [0, 0.1) is 5.82 Å². The van der Waals surface area contributed by atoms with Gasteiger partial charge in [-0.05, 0) is 48.9 Å². The van der Waals surface area contributed by atoms with Crippen LogP contribution in [0.5, 0.6) is 0 Å². The van der Waals surface area contributed by atoms with Gasteiger partial charge in [0.2, 0.25) is 5.95 Å². The van der Waals surface area contributed by atoms with Gasteiger partial charge in [0.1, 0.15) is 17.2 Å². The van der Waals surface area contributed by atoms with Crippen LogP contribution in [0.1, 0.15) is 23.9 Å². The number of hydrogen-bond acceptors (Lipinski definition) is 7. The van der Waals surface area contributed by atoms with Crippen LogP contribution >= 0.6 is 0 Å². The van der Waals surface area contributed by atoms with Gasteiger partial charge in [-0.15, -0.1) is 5.10 Å². The van der Waals surface area contributed by atoms with Crippen molar-refractivity contribution in [2.75, 3.05) is 18.4 Å². The van der Waals surface area contributed by atoms with Crippen LogP contribution in [0.4, 0.5) is 16.2 Å². The predicted octanol–water partition coefficient (Wildman–Crippen LogP) is 3.82. The lowest BCUT2D eigenvalue weighted by atomic mass is 9.86. The molecule has 2 atom stereocenters. The molecule has 2 aromatic carbocycles. The van der Waals surface area contributed by atoms with E-state index >= 15 is 0 Å². The van der Waals surface area contributed by atoms with Crippen LogP contribution in [0.3, 0.4) is 0 Å². The summed E-state index contributed by atoms with van der Waals surface area (Å²) in [4.78, 5) is 8.99. The monoisotopic (exact) mass is 469 g/mol. The minimum absolute atomic E-state index is 0.0822. The second-order valence-electron chi connectivity index (χ2n) is 8.69. The Morgan fingerprint density at radius 3 is 2.77 bits per heavy atom. The quantitative estimate of drug-likeness (QED) is 0.404. The van der Waals surface area contributed by atoms with Gasteiger partial charge in [0.05, 0.1) is 23.4 Å². The van der Waals surface area contributed by atoms with Crippen LogP contribution < -0.4 is 10.6 Å². The van der Waals surface area contributed by atoms with Crippen LogP contribution in [0.25, 0.3) is 22.3 Å². The fraction of sp³-hybridized carbons (Fsp3) is 0.240. The lowest BCUT2D eigenvalue weighted by Crippen LogP contribution is -2.37. The van der Waals surface area contributed by atoms with Crippen molar-refractivity contribution in [3.8, 4) is 11.3 Å². The van der Waals surface area contributed by atoms with Crippen molar-refractivity contribution >= 4 is 22.8 Å². The number of nitrogens with one attached hydrogen (secondary N) is 2. The topological polar surface area (TPSA) is 98.4 Å². The van der Waals surface area contributed by atoms with E-state index in [1.54, 1.807) is 17.1 Å². The molecule has 2 unspecified atom stereocenters. The highest BCUT2D eigenvalue weighted by Gasteiger charge is 2.30. The lowest BCUT2D eigenvalue weighted by molar-refractivity contribution is 0.304. The molecule has 0 aliphatic carbocycles. The molecule has 35 heavy (non-hydrogen) atoms. The van der Waals surface area contributed by atoms with Crippen molar-refractivity contribution in [2.24, 2.45) is 7.05 Å². The van der Waals surface area contributed by atoms with E-state index in [-0.39, 0.29) is 17.8 Å². The van der Waals surface area contributed by atoms with E-state index < -0.39 is 0 Å². The zero-order valence-corrected chi connectivity index (χ0v) is 19.1. The van der Waals surface area contributed by atoms with E-state index in [0.717, 1.165) is 53.2 Å². The van der Waals surface area contributed by atoms with Crippen molar-refractivity contribution in [1.29, 1.82) is 0 Å². The number of halogens is 1. The summed E-state index contributed by atoms with van der Waals surface area (Å²) in [6.45, 7) is 1.69. The number of aryl methyl sites for hydroxylation is 1. The Balaban J connectivity index is 1.31. The third kappa shape index (κ3) is 4.12. The Bertz CT molecular complexity index is 1470. The molecular weight excluding hydrogens is 445 g/mol. The maximum atomic E-state index is 13.5. The molecule has 0 saturated carbocycles. The van der Waals surface area contributed by atoms with E-state index in [2.05, 4.69) is 36.0 Å². The Morgan fingerprint density at radius 1 is 1.06 bits per heavy atom. The molecule has 1 aliphatic rings. The SMILES string of the molecule is Cn1nccc1Nc1nccc(-c2ccc3c(c2)nnn3C2CNCCC2c2ccc(F)cc2)n1. The average molecular weight is 470 g/mol. The van der Waals surface area contributed by atoms with E-state index in [1.807, 2.05) is 54.2 Å². The van der Waals surface area contributed by atoms with Crippen LogP contribution in [0.15, 0.2) is 67.0 Å². The molecule has 0 radical (unpaired) electrons. The molecular formula is C25H24FN9. The first-order valence-corrected chi connectivity index (χ1v) is 11.6. The average Bonchev–Trinajstić information content (AvgIpc) is 3.50. The van der Waals surface area contributed by atoms with Crippen molar-refractivity contribution < 1.29 is 4.39 Å². The number of nitrogens with zero attached hydrogens (tertiary/aromatic N) is 7. The van der Waals surface area contributed by atoms with Crippen molar-refractivity contribution in [1.82, 2.24) is 40.1 Å². The van der Waals surface area contributed by atoms with Gasteiger partial charge >= 0.3 is 0 Å². The third-order valence-corrected chi connectivity index (χ3v) is 6.55. The first-order valence-electron chi connectivity index (χ1n) is 11.6. The molecule has 0 spiro atoms. The Kier molecular flexibility index (Phi) is 5.42. The van der Waals surface area contributed by atoms with Gasteiger partial charge in [-0.2, -0.15) is 5.10 Å². The van der Waals surface area contributed by atoms with Gasteiger partial charge in [-0.3, -0.25) is 4.68 Å². The molecule has 6 rings (SSSR count). The maximum Gasteiger partial charge on any atom is 0.228 e. The van der Waals surface area contributed by atoms with Gasteiger partial charge in [0.15, 0.2) is 0 Å². The molecule has 1 aliphatic heterocycles. The molecule has 4 heterocycles. The van der Waals surface area contributed by atoms with Crippen molar-refractivity contribution in [2.45, 2.75) is 18.4 Å². The van der Waals surface area contributed by atoms with Crippen LogP contribution in [-0.4, -0.2) is 47.8 Å². The standard InChI is InChI=1S/C25H24FN9/c1-34-24(10-13-29-34)31-25-28-12-9-20(30-25)17-4-7-22-21(14-17)32-33-35(22)23-15-27-11-8-19(23)16-2-5-18(26)6-3-16/h2-7,9-10,12-14,19,23,27H,8,11,15H2,1H3,(H,28,30,31). The van der Waals surface area contributed by atoms with Gasteiger partial charge in [-0.1, -0.05) is 23.4 Å². The maximum absolute atomic E-state index is 13.5. The first kappa shape index (κ1) is 21.4. The molecule has 10 heteroatoms. The Morgan fingerprint density at radius 2 is 1.94 bits per heavy atom. The summed E-state index contributed by atoms with van der Waals surface area (Å²) in [6.07, 6.45) is 4.39. The van der Waals surface area contributed by atoms with E-state index in [1.165, 1.54) is 12.1 Å². The molecule has 176 valence electrons. The molecule has 5 aromatic rings. The van der Waals surface area contributed by atoms with Crippen LogP contribution in [0.2, 0.25) is 0 Å². The number of piperidine rings is 1. The number of aromatic nitrogens is 7. The second-order valence-corrected chi connectivity index (χ2v) is 8.69. The number of anilines is 2. The lowest BCUT2D eigenvalue weighted by Gasteiger charge is -2.32. The minimum Gasteiger partial charge on any atom is -0.315 e. The number of fused-ring (bicyclic) bond motifs is 1. The fourth-order valence-corrected chi connectivity index (χ4v) is 4.73. The second kappa shape index (κ2) is 8.88. The van der Waals surface area contributed by atoms with E-state index in [4.69, 9.17) is 0 Å². The summed E-state index contributed by atoms with van der Waals surface area (Å²) in [5, 5.41) is 19.8. The van der Waals surface area contributed by atoms with E-state index in [9.17, 15) is 4.39 Å². The molecule has 3 aromatic heterocycles. The van der Waals surface area contributed by atoms with Gasteiger partial charge < -0.3 is 10.6 Å². The van der Waals surface area contributed by atoms with Crippen molar-refractivity contribution in [3.63, 3.8) is 0 Å². The highest BCUT2D eigenvalue weighted by Crippen LogP contribution is 2.35. The Hall–Kier alpha value is -4.18. The zero-order valence-electron chi connectivity index (χ0n) is 19.1. The zero-order chi connectivity index (χ0) is 23.8. The van der Waals surface area contributed by atoms with Crippen molar-refractivity contribution in [3.05, 3.63) is 78.4 Å². The van der Waals surface area contributed by atoms with Gasteiger partial charge in [-0.25, -0.2) is 19.0 Å². The smallest absolute Gasteiger partial charge is 0.228 e. The Labute approximate surface area is 201 Å². The van der Waals surface area contributed by atoms with Gasteiger partial charge in [0.25, 0.3) is 0 Å². The molecule has 0 amide bonds. The molecule has 1 fully saturated rings. The summed E-state index contributed by atoms with van der Waals surface area (Å²) >= 11 is 0. The summed E-state index contributed by atoms with van der Waals surface area (Å²) in [5.74, 6) is 1.30. The van der Waals surface area contributed by atoms with Gasteiger partial charge in [0, 0.05) is 37.3 Å². The highest BCUT2D eigenvalue weighted by atomic mass is 19.1. The molecule has 1 saturated heterocycles. The largest absolute Gasteiger partial charge is 0.315 e.